The summed E-state index contributed by atoms with van der Waals surface area (Å²) >= 11 is 2.87. The number of rotatable bonds is 6. The summed E-state index contributed by atoms with van der Waals surface area (Å²) in [6.45, 7) is 0. The number of thiophene rings is 1. The Bertz CT molecular complexity index is 1700. The monoisotopic (exact) mass is 536 g/mol. The Morgan fingerprint density at radius 2 is 1.89 bits per heavy atom. The number of amides is 1. The van der Waals surface area contributed by atoms with Crippen molar-refractivity contribution in [2.24, 2.45) is 7.05 Å². The van der Waals surface area contributed by atoms with Crippen molar-refractivity contribution in [3.8, 4) is 28.7 Å². The summed E-state index contributed by atoms with van der Waals surface area (Å²) < 4.78 is 1.92. The third-order valence-corrected chi connectivity index (χ3v) is 8.96. The molecule has 0 radical (unpaired) electrons. The van der Waals surface area contributed by atoms with Crippen molar-refractivity contribution < 1.29 is 4.79 Å². The largest absolute Gasteiger partial charge is 0.316 e. The van der Waals surface area contributed by atoms with Gasteiger partial charge in [0, 0.05) is 28.4 Å². The van der Waals surface area contributed by atoms with E-state index in [-0.39, 0.29) is 11.7 Å². The Kier molecular flexibility index (Phi) is 6.66. The third-order valence-electron chi connectivity index (χ3n) is 6.73. The normalized spacial score (nSPS) is 12.7. The maximum Gasteiger partial charge on any atom is 0.235 e. The minimum Gasteiger partial charge on any atom is -0.316 e. The molecule has 0 bridgehead atoms. The van der Waals surface area contributed by atoms with E-state index in [1.54, 1.807) is 0 Å². The molecule has 6 rings (SSSR count). The zero-order valence-electron chi connectivity index (χ0n) is 20.8. The van der Waals surface area contributed by atoms with Crippen LogP contribution in [0.25, 0.3) is 33.5 Å². The summed E-state index contributed by atoms with van der Waals surface area (Å²) in [7, 11) is 1.91. The van der Waals surface area contributed by atoms with Crippen LogP contribution in [0.2, 0.25) is 0 Å². The number of pyridine rings is 1. The molecule has 38 heavy (non-hydrogen) atoms. The van der Waals surface area contributed by atoms with Crippen molar-refractivity contribution in [1.29, 1.82) is 5.26 Å². The smallest absolute Gasteiger partial charge is 0.235 e. The molecular weight excluding hydrogens is 512 g/mol. The van der Waals surface area contributed by atoms with Gasteiger partial charge in [-0.2, -0.15) is 5.26 Å². The van der Waals surface area contributed by atoms with Crippen LogP contribution in [0.1, 0.15) is 28.8 Å². The topological polar surface area (TPSA) is 96.5 Å². The van der Waals surface area contributed by atoms with Gasteiger partial charge in [0.2, 0.25) is 5.91 Å². The van der Waals surface area contributed by atoms with Gasteiger partial charge in [-0.25, -0.2) is 4.98 Å². The number of anilines is 1. The predicted octanol–water partition coefficient (Wildman–Crippen LogP) is 6.24. The number of aromatic nitrogens is 4. The van der Waals surface area contributed by atoms with Crippen LogP contribution in [0.4, 0.5) is 5.00 Å². The first-order valence-electron chi connectivity index (χ1n) is 12.4. The van der Waals surface area contributed by atoms with Crippen LogP contribution in [0.5, 0.6) is 0 Å². The van der Waals surface area contributed by atoms with Crippen molar-refractivity contribution in [1.82, 2.24) is 19.7 Å². The van der Waals surface area contributed by atoms with E-state index in [9.17, 15) is 10.1 Å². The molecule has 0 unspecified atom stereocenters. The highest BCUT2D eigenvalue weighted by atomic mass is 32.2. The number of fused-ring (bicyclic) bond motifs is 2. The van der Waals surface area contributed by atoms with E-state index < -0.39 is 0 Å². The quantitative estimate of drug-likeness (QED) is 0.258. The van der Waals surface area contributed by atoms with E-state index >= 15 is 0 Å². The number of carbonyl (C=O) groups excluding carboxylic acids is 1. The minimum absolute atomic E-state index is 0.157. The van der Waals surface area contributed by atoms with Gasteiger partial charge in [-0.15, -0.1) is 21.5 Å². The molecule has 188 valence electrons. The third kappa shape index (κ3) is 4.57. The average molecular weight is 537 g/mol. The number of nitrogens with one attached hydrogen (secondary N) is 1. The molecule has 9 heteroatoms. The van der Waals surface area contributed by atoms with Crippen LogP contribution in [0.3, 0.4) is 0 Å². The SMILES string of the molecule is Cn1c(SCC(=O)Nc2sc3c(c2C#N)CCCC3)nnc1-c1cc(-c2ccccc2)nc2ccccc12. The van der Waals surface area contributed by atoms with Gasteiger partial charge < -0.3 is 9.88 Å². The van der Waals surface area contributed by atoms with Crippen molar-refractivity contribution in [3.63, 3.8) is 0 Å². The molecular formula is C29H24N6OS2. The molecule has 0 saturated carbocycles. The van der Waals surface area contributed by atoms with Gasteiger partial charge in [0.1, 0.15) is 11.1 Å². The van der Waals surface area contributed by atoms with E-state index in [0.717, 1.165) is 59.0 Å². The van der Waals surface area contributed by atoms with Crippen LogP contribution < -0.4 is 5.32 Å². The summed E-state index contributed by atoms with van der Waals surface area (Å²) in [5.74, 6) is 0.725. The first-order chi connectivity index (χ1) is 18.6. The highest BCUT2D eigenvalue weighted by Gasteiger charge is 2.22. The fourth-order valence-corrected chi connectivity index (χ4v) is 6.82. The lowest BCUT2D eigenvalue weighted by Crippen LogP contribution is -2.14. The molecule has 2 aromatic carbocycles. The number of carbonyl (C=O) groups is 1. The van der Waals surface area contributed by atoms with Crippen LogP contribution in [0.15, 0.2) is 65.8 Å². The first-order valence-corrected chi connectivity index (χ1v) is 14.2. The van der Waals surface area contributed by atoms with E-state index in [4.69, 9.17) is 4.98 Å². The van der Waals surface area contributed by atoms with Crippen molar-refractivity contribution in [2.75, 3.05) is 11.1 Å². The Hall–Kier alpha value is -4.00. The van der Waals surface area contributed by atoms with Crippen LogP contribution in [-0.2, 0) is 24.7 Å². The predicted molar refractivity (Wildman–Crippen MR) is 152 cm³/mol. The summed E-state index contributed by atoms with van der Waals surface area (Å²) in [6.07, 6.45) is 4.12. The Morgan fingerprint density at radius 1 is 1.11 bits per heavy atom. The summed E-state index contributed by atoms with van der Waals surface area (Å²) in [4.78, 5) is 18.9. The molecule has 0 aliphatic heterocycles. The number of thioether (sulfide) groups is 1. The zero-order valence-corrected chi connectivity index (χ0v) is 22.4. The lowest BCUT2D eigenvalue weighted by atomic mass is 9.96. The molecule has 3 heterocycles. The molecule has 3 aromatic heterocycles. The Labute approximate surface area is 228 Å². The molecule has 7 nitrogen and oxygen atoms in total. The number of aryl methyl sites for hydroxylation is 1. The van der Waals surface area contributed by atoms with E-state index in [1.165, 1.54) is 28.0 Å². The highest BCUT2D eigenvalue weighted by molar-refractivity contribution is 7.99. The van der Waals surface area contributed by atoms with Crippen LogP contribution in [-0.4, -0.2) is 31.4 Å². The van der Waals surface area contributed by atoms with Gasteiger partial charge in [0.05, 0.1) is 22.5 Å². The second-order valence-electron chi connectivity index (χ2n) is 9.17. The standard InChI is InChI=1S/C29H24N6OS2/c1-35-27(21-15-24(18-9-3-2-4-10-18)31-23-13-7-5-11-19(21)23)33-34-29(35)37-17-26(36)32-28-22(16-30)20-12-6-8-14-25(20)38-28/h2-5,7,9-11,13,15H,6,8,12,14,17H2,1H3,(H,32,36). The molecule has 0 saturated heterocycles. The number of nitriles is 1. The number of hydrogen-bond donors (Lipinski definition) is 1. The molecule has 0 spiro atoms. The Balaban J connectivity index is 1.25. The molecule has 1 N–H and O–H groups in total. The van der Waals surface area contributed by atoms with Crippen LogP contribution in [0, 0.1) is 11.3 Å². The van der Waals surface area contributed by atoms with Crippen molar-refractivity contribution >= 4 is 44.9 Å². The Morgan fingerprint density at radius 3 is 2.74 bits per heavy atom. The summed E-state index contributed by atoms with van der Waals surface area (Å²) in [6, 6.07) is 22.4. The second kappa shape index (κ2) is 10.4. The molecule has 1 aliphatic carbocycles. The van der Waals surface area contributed by atoms with E-state index in [2.05, 4.69) is 21.6 Å². The number of nitrogens with zero attached hydrogens (tertiary/aromatic N) is 5. The fraction of sp³-hybridized carbons (Fsp3) is 0.207. The average Bonchev–Trinajstić information content (AvgIpc) is 3.50. The molecule has 1 amide bonds. The summed E-state index contributed by atoms with van der Waals surface area (Å²) in [5, 5.41) is 23.8. The minimum atomic E-state index is -0.157. The first kappa shape index (κ1) is 24.3. The van der Waals surface area contributed by atoms with Gasteiger partial charge in [-0.3, -0.25) is 4.79 Å². The van der Waals surface area contributed by atoms with E-state index in [0.29, 0.717) is 21.5 Å². The molecule has 0 fully saturated rings. The maximum atomic E-state index is 12.8. The lowest BCUT2D eigenvalue weighted by molar-refractivity contribution is -0.113. The maximum absolute atomic E-state index is 12.8. The van der Waals surface area contributed by atoms with Gasteiger partial charge in [0.15, 0.2) is 11.0 Å². The summed E-state index contributed by atoms with van der Waals surface area (Å²) in [5.41, 5.74) is 5.45. The molecule has 0 atom stereocenters. The van der Waals surface area contributed by atoms with Crippen molar-refractivity contribution in [2.45, 2.75) is 30.8 Å². The molecule has 1 aliphatic rings. The van der Waals surface area contributed by atoms with Gasteiger partial charge >= 0.3 is 0 Å². The number of para-hydroxylation sites is 1. The lowest BCUT2D eigenvalue weighted by Gasteiger charge is -2.10. The fourth-order valence-electron chi connectivity index (χ4n) is 4.86. The van der Waals surface area contributed by atoms with Crippen molar-refractivity contribution in [3.05, 3.63) is 76.7 Å². The second-order valence-corrected chi connectivity index (χ2v) is 11.2. The zero-order chi connectivity index (χ0) is 26.1. The van der Waals surface area contributed by atoms with E-state index in [1.807, 2.05) is 72.3 Å². The molecule has 5 aromatic rings. The van der Waals surface area contributed by atoms with Gasteiger partial charge in [-0.05, 0) is 43.4 Å². The number of hydrogen-bond acceptors (Lipinski definition) is 7. The van der Waals surface area contributed by atoms with Crippen LogP contribution >= 0.6 is 23.1 Å². The number of benzene rings is 2. The van der Waals surface area contributed by atoms with Gasteiger partial charge in [-0.1, -0.05) is 60.3 Å². The van der Waals surface area contributed by atoms with Gasteiger partial charge in [0.25, 0.3) is 0 Å². The highest BCUT2D eigenvalue weighted by Crippen LogP contribution is 2.38.